The van der Waals surface area contributed by atoms with Crippen molar-refractivity contribution in [3.63, 3.8) is 0 Å². The van der Waals surface area contributed by atoms with Gasteiger partial charge in [-0.3, -0.25) is 0 Å². The quantitative estimate of drug-likeness (QED) is 0.0907. The number of allylic oxidation sites excluding steroid dienone is 2. The standard InChI is InChI=1S/C28H50O5Si/c1-11-22(3)26(30-7)20-24-14-12-13-23(32-24)19-25(33-34(9,10)28(4,5)6)17-15-21(2)16-18-27(29)31-8/h11,15-16,18,22-26H,1,12-14,17,19-20H2,2-10H3/b18-16+,21-15+/t22-,23-,24-,25-,26-/m0/s1. The van der Waals surface area contributed by atoms with E-state index in [-0.39, 0.29) is 35.4 Å². The molecule has 34 heavy (non-hydrogen) atoms. The molecule has 0 spiro atoms. The summed E-state index contributed by atoms with van der Waals surface area (Å²) in [5.41, 5.74) is 1.03. The van der Waals surface area contributed by atoms with Crippen LogP contribution in [0.2, 0.25) is 18.1 Å². The van der Waals surface area contributed by atoms with Crippen molar-refractivity contribution >= 4 is 14.3 Å². The first-order valence-electron chi connectivity index (χ1n) is 12.7. The number of hydrogen-bond acceptors (Lipinski definition) is 5. The number of carbonyl (C=O) groups excluding carboxylic acids is 1. The molecule has 0 aliphatic carbocycles. The number of carbonyl (C=O) groups is 1. The molecule has 6 heteroatoms. The Bertz CT molecular complexity index is 691. The topological polar surface area (TPSA) is 54.0 Å². The van der Waals surface area contributed by atoms with Crippen LogP contribution in [0, 0.1) is 5.92 Å². The second kappa shape index (κ2) is 14.4. The third kappa shape index (κ3) is 10.6. The molecule has 0 N–H and O–H groups in total. The van der Waals surface area contributed by atoms with Gasteiger partial charge in [0.25, 0.3) is 0 Å². The SMILES string of the molecule is C=C[C@H](C)[C@H](C[C@@H]1CCC[C@@H](C[C@H](C/C=C(C)/C=C/C(=O)OC)O[Si](C)(C)C(C)(C)C)O1)OC. The van der Waals surface area contributed by atoms with Crippen molar-refractivity contribution in [2.45, 2.75) is 116 Å². The van der Waals surface area contributed by atoms with Crippen LogP contribution < -0.4 is 0 Å². The van der Waals surface area contributed by atoms with E-state index in [2.05, 4.69) is 53.4 Å². The van der Waals surface area contributed by atoms with Crippen LogP contribution in [-0.2, 0) is 23.4 Å². The van der Waals surface area contributed by atoms with E-state index in [1.54, 1.807) is 13.2 Å². The average Bonchev–Trinajstić information content (AvgIpc) is 2.78. The monoisotopic (exact) mass is 494 g/mol. The summed E-state index contributed by atoms with van der Waals surface area (Å²) in [5.74, 6) is -0.0431. The zero-order chi connectivity index (χ0) is 25.9. The molecule has 0 aromatic rings. The summed E-state index contributed by atoms with van der Waals surface area (Å²) < 4.78 is 23.8. The molecule has 0 aromatic carbocycles. The van der Waals surface area contributed by atoms with E-state index >= 15 is 0 Å². The Balaban J connectivity index is 2.92. The summed E-state index contributed by atoms with van der Waals surface area (Å²) in [6, 6.07) is 0. The highest BCUT2D eigenvalue weighted by Gasteiger charge is 2.39. The minimum Gasteiger partial charge on any atom is -0.466 e. The zero-order valence-electron chi connectivity index (χ0n) is 23.2. The lowest BCUT2D eigenvalue weighted by molar-refractivity contribution is -0.134. The molecular formula is C28H50O5Si. The number of methoxy groups -OCH3 is 2. The van der Waals surface area contributed by atoms with E-state index in [1.807, 2.05) is 13.0 Å². The first-order valence-corrected chi connectivity index (χ1v) is 15.6. The molecule has 0 saturated carbocycles. The van der Waals surface area contributed by atoms with Crippen LogP contribution in [0.4, 0.5) is 0 Å². The van der Waals surface area contributed by atoms with Gasteiger partial charge in [0, 0.05) is 25.5 Å². The van der Waals surface area contributed by atoms with Crippen molar-refractivity contribution in [1.29, 1.82) is 0 Å². The molecule has 1 rings (SSSR count). The maximum atomic E-state index is 11.4. The van der Waals surface area contributed by atoms with Gasteiger partial charge in [-0.15, -0.1) is 6.58 Å². The molecular weight excluding hydrogens is 444 g/mol. The Hall–Kier alpha value is -1.21. The van der Waals surface area contributed by atoms with Gasteiger partial charge in [0.05, 0.1) is 31.5 Å². The summed E-state index contributed by atoms with van der Waals surface area (Å²) in [5, 5.41) is 0.136. The third-order valence-electron chi connectivity index (χ3n) is 7.37. The molecule has 1 aliphatic heterocycles. The van der Waals surface area contributed by atoms with Gasteiger partial charge in [-0.25, -0.2) is 4.79 Å². The van der Waals surface area contributed by atoms with Crippen LogP contribution in [0.25, 0.3) is 0 Å². The van der Waals surface area contributed by atoms with Gasteiger partial charge >= 0.3 is 5.97 Å². The van der Waals surface area contributed by atoms with E-state index in [9.17, 15) is 4.79 Å². The zero-order valence-corrected chi connectivity index (χ0v) is 24.2. The molecule has 196 valence electrons. The van der Waals surface area contributed by atoms with Crippen LogP contribution in [0.15, 0.2) is 36.5 Å². The minimum atomic E-state index is -1.94. The Labute approximate surface area is 210 Å². The van der Waals surface area contributed by atoms with Crippen molar-refractivity contribution in [1.82, 2.24) is 0 Å². The number of esters is 1. The Kier molecular flexibility index (Phi) is 13.0. The summed E-state index contributed by atoms with van der Waals surface area (Å²) in [6.45, 7) is 19.5. The second-order valence-corrected chi connectivity index (χ2v) is 15.9. The maximum absolute atomic E-state index is 11.4. The molecule has 0 unspecified atom stereocenters. The second-order valence-electron chi connectivity index (χ2n) is 11.2. The fraction of sp³-hybridized carbons (Fsp3) is 0.750. The maximum Gasteiger partial charge on any atom is 0.330 e. The van der Waals surface area contributed by atoms with Gasteiger partial charge in [-0.1, -0.05) is 51.5 Å². The van der Waals surface area contributed by atoms with Crippen LogP contribution in [0.3, 0.4) is 0 Å². The van der Waals surface area contributed by atoms with E-state index in [0.717, 1.165) is 44.1 Å². The Morgan fingerprint density at radius 2 is 1.76 bits per heavy atom. The lowest BCUT2D eigenvalue weighted by Gasteiger charge is -2.41. The fourth-order valence-electron chi connectivity index (χ4n) is 4.00. The molecule has 0 bridgehead atoms. The fourth-order valence-corrected chi connectivity index (χ4v) is 5.38. The predicted octanol–water partition coefficient (Wildman–Crippen LogP) is 7.00. The summed E-state index contributed by atoms with van der Waals surface area (Å²) in [4.78, 5) is 11.4. The molecule has 1 saturated heterocycles. The molecule has 0 radical (unpaired) electrons. The predicted molar refractivity (Wildman–Crippen MR) is 144 cm³/mol. The van der Waals surface area contributed by atoms with Gasteiger partial charge in [-0.05, 0) is 57.2 Å². The van der Waals surface area contributed by atoms with E-state index < -0.39 is 8.32 Å². The first-order chi connectivity index (χ1) is 15.8. The third-order valence-corrected chi connectivity index (χ3v) is 11.9. The highest BCUT2D eigenvalue weighted by Crippen LogP contribution is 2.39. The molecule has 1 fully saturated rings. The van der Waals surface area contributed by atoms with Gasteiger partial charge in [0.2, 0.25) is 0 Å². The highest BCUT2D eigenvalue weighted by atomic mass is 28.4. The molecule has 0 aromatic heterocycles. The Morgan fingerprint density at radius 1 is 1.15 bits per heavy atom. The molecule has 5 nitrogen and oxygen atoms in total. The van der Waals surface area contributed by atoms with Crippen LogP contribution in [-0.4, -0.2) is 52.9 Å². The minimum absolute atomic E-state index is 0.0800. The van der Waals surface area contributed by atoms with Crippen molar-refractivity contribution in [2.75, 3.05) is 14.2 Å². The Morgan fingerprint density at radius 3 is 2.29 bits per heavy atom. The summed E-state index contributed by atoms with van der Waals surface area (Å²) >= 11 is 0. The van der Waals surface area contributed by atoms with E-state index in [0.29, 0.717) is 5.92 Å². The lowest BCUT2D eigenvalue weighted by Crippen LogP contribution is -2.45. The summed E-state index contributed by atoms with van der Waals surface area (Å²) in [7, 11) is 1.22. The van der Waals surface area contributed by atoms with Crippen LogP contribution >= 0.6 is 0 Å². The molecule has 1 heterocycles. The normalized spacial score (nSPS) is 22.9. The smallest absolute Gasteiger partial charge is 0.330 e. The van der Waals surface area contributed by atoms with Crippen molar-refractivity contribution in [2.24, 2.45) is 5.92 Å². The van der Waals surface area contributed by atoms with Crippen molar-refractivity contribution in [3.8, 4) is 0 Å². The largest absolute Gasteiger partial charge is 0.466 e. The van der Waals surface area contributed by atoms with Gasteiger partial charge < -0.3 is 18.6 Å². The highest BCUT2D eigenvalue weighted by molar-refractivity contribution is 6.74. The van der Waals surface area contributed by atoms with Gasteiger partial charge in [-0.2, -0.15) is 0 Å². The van der Waals surface area contributed by atoms with Crippen LogP contribution in [0.5, 0.6) is 0 Å². The summed E-state index contributed by atoms with van der Waals surface area (Å²) in [6.07, 6.45) is 13.8. The van der Waals surface area contributed by atoms with E-state index in [4.69, 9.17) is 18.6 Å². The first kappa shape index (κ1) is 30.8. The van der Waals surface area contributed by atoms with Gasteiger partial charge in [0.15, 0.2) is 8.32 Å². The number of rotatable bonds is 13. The molecule has 1 aliphatic rings. The van der Waals surface area contributed by atoms with Crippen molar-refractivity contribution < 1.29 is 23.4 Å². The average molecular weight is 495 g/mol. The van der Waals surface area contributed by atoms with Crippen LogP contribution in [0.1, 0.15) is 73.1 Å². The number of hydrogen-bond donors (Lipinski definition) is 0. The molecule has 5 atom stereocenters. The van der Waals surface area contributed by atoms with Crippen molar-refractivity contribution in [3.05, 3.63) is 36.5 Å². The van der Waals surface area contributed by atoms with Gasteiger partial charge in [0.1, 0.15) is 0 Å². The number of ether oxygens (including phenoxy) is 3. The molecule has 0 amide bonds. The van der Waals surface area contributed by atoms with E-state index in [1.165, 1.54) is 13.2 Å². The lowest BCUT2D eigenvalue weighted by atomic mass is 9.92.